The molecule has 1 aromatic carbocycles. The molecule has 160 valence electrons. The van der Waals surface area contributed by atoms with Crippen molar-refractivity contribution in [2.45, 2.75) is 46.1 Å². The number of guanidine groups is 1. The molecule has 1 aromatic rings. The zero-order chi connectivity index (χ0) is 19.4. The van der Waals surface area contributed by atoms with Gasteiger partial charge in [-0.3, -0.25) is 0 Å². The minimum Gasteiger partial charge on any atom is -0.494 e. The van der Waals surface area contributed by atoms with E-state index in [4.69, 9.17) is 14.5 Å². The first-order valence-electron chi connectivity index (χ1n) is 10.1. The van der Waals surface area contributed by atoms with Crippen LogP contribution in [0.2, 0.25) is 0 Å². The van der Waals surface area contributed by atoms with E-state index in [-0.39, 0.29) is 36.0 Å². The molecule has 28 heavy (non-hydrogen) atoms. The molecule has 1 fully saturated rings. The first kappa shape index (κ1) is 25.0. The van der Waals surface area contributed by atoms with Gasteiger partial charge in [-0.15, -0.1) is 24.0 Å². The molecule has 7 heteroatoms. The van der Waals surface area contributed by atoms with Gasteiger partial charge in [0, 0.05) is 31.7 Å². The summed E-state index contributed by atoms with van der Waals surface area (Å²) in [4.78, 5) is 4.71. The monoisotopic (exact) mass is 505 g/mol. The number of unbranched alkanes of at least 4 members (excludes halogenated alkanes) is 1. The topological polar surface area (TPSA) is 75.1 Å². The highest BCUT2D eigenvalue weighted by Gasteiger charge is 2.34. The van der Waals surface area contributed by atoms with Gasteiger partial charge in [-0.25, -0.2) is 4.99 Å². The highest BCUT2D eigenvalue weighted by molar-refractivity contribution is 14.0. The van der Waals surface area contributed by atoms with Gasteiger partial charge >= 0.3 is 0 Å². The summed E-state index contributed by atoms with van der Waals surface area (Å²) in [6.45, 7) is 8.75. The lowest BCUT2D eigenvalue weighted by Gasteiger charge is -2.27. The first-order valence-corrected chi connectivity index (χ1v) is 10.1. The highest BCUT2D eigenvalue weighted by Crippen LogP contribution is 2.31. The number of nitrogens with one attached hydrogen (secondary N) is 2. The fourth-order valence-corrected chi connectivity index (χ4v) is 3.16. The van der Waals surface area contributed by atoms with Crippen LogP contribution in [0.5, 0.6) is 5.75 Å². The average Bonchev–Trinajstić information content (AvgIpc) is 3.14. The second-order valence-electron chi connectivity index (χ2n) is 7.17. The number of aliphatic hydroxyl groups is 1. The van der Waals surface area contributed by atoms with Crippen LogP contribution in [0.25, 0.3) is 0 Å². The van der Waals surface area contributed by atoms with E-state index in [1.807, 2.05) is 12.1 Å². The van der Waals surface area contributed by atoms with Crippen LogP contribution in [-0.4, -0.2) is 50.6 Å². The van der Waals surface area contributed by atoms with Crippen molar-refractivity contribution in [3.05, 3.63) is 29.8 Å². The molecular formula is C21H36IN3O3. The Balaban J connectivity index is 0.00000392. The van der Waals surface area contributed by atoms with Gasteiger partial charge in [0.25, 0.3) is 0 Å². The lowest BCUT2D eigenvalue weighted by Crippen LogP contribution is -2.44. The standard InChI is InChI=1S/C21H35N3O3.HI/c1-3-5-12-27-19-8-6-7-18(14-19)15-23-20(22-4-2)24-16-21(9-11-25)10-13-26-17-21;/h6-8,14,25H,3-5,9-13,15-17H2,1-2H3,(H2,22,23,24);1H. The zero-order valence-electron chi connectivity index (χ0n) is 17.2. The third-order valence-corrected chi connectivity index (χ3v) is 4.89. The SMILES string of the molecule is CCCCOc1cccc(CN=C(NCC)NCC2(CCO)CCOC2)c1.I. The minimum absolute atomic E-state index is 0. The molecule has 1 unspecified atom stereocenters. The Morgan fingerprint density at radius 2 is 2.18 bits per heavy atom. The molecule has 2 rings (SSSR count). The van der Waals surface area contributed by atoms with Crippen molar-refractivity contribution in [2.75, 3.05) is 39.5 Å². The van der Waals surface area contributed by atoms with Gasteiger partial charge in [0.2, 0.25) is 0 Å². The molecule has 1 atom stereocenters. The second kappa shape index (κ2) is 14.0. The maximum atomic E-state index is 9.37. The van der Waals surface area contributed by atoms with E-state index in [0.717, 1.165) is 69.3 Å². The lowest BCUT2D eigenvalue weighted by molar-refractivity contribution is 0.127. The summed E-state index contributed by atoms with van der Waals surface area (Å²) >= 11 is 0. The van der Waals surface area contributed by atoms with Gasteiger partial charge in [-0.05, 0) is 43.9 Å². The zero-order valence-corrected chi connectivity index (χ0v) is 19.5. The van der Waals surface area contributed by atoms with Crippen LogP contribution in [0, 0.1) is 5.41 Å². The van der Waals surface area contributed by atoms with E-state index < -0.39 is 0 Å². The van der Waals surface area contributed by atoms with Crippen LogP contribution in [0.1, 0.15) is 45.1 Å². The number of aliphatic hydroxyl groups excluding tert-OH is 1. The predicted octanol–water partition coefficient (Wildman–Crippen LogP) is 3.33. The number of halogens is 1. The Hall–Kier alpha value is -1.06. The smallest absolute Gasteiger partial charge is 0.191 e. The summed E-state index contributed by atoms with van der Waals surface area (Å²) in [5, 5.41) is 16.1. The molecule has 0 saturated carbocycles. The maximum absolute atomic E-state index is 9.37. The van der Waals surface area contributed by atoms with Gasteiger partial charge in [-0.2, -0.15) is 0 Å². The molecule has 0 spiro atoms. The minimum atomic E-state index is -0.00201. The van der Waals surface area contributed by atoms with Crippen molar-refractivity contribution in [1.82, 2.24) is 10.6 Å². The molecule has 1 aliphatic heterocycles. The second-order valence-corrected chi connectivity index (χ2v) is 7.17. The summed E-state index contributed by atoms with van der Waals surface area (Å²) in [6, 6.07) is 8.13. The normalized spacial score (nSPS) is 19.2. The molecule has 0 amide bonds. The van der Waals surface area contributed by atoms with Crippen molar-refractivity contribution >= 4 is 29.9 Å². The number of aliphatic imine (C=N–C) groups is 1. The number of benzene rings is 1. The number of rotatable bonds is 11. The van der Waals surface area contributed by atoms with E-state index in [0.29, 0.717) is 13.2 Å². The Morgan fingerprint density at radius 1 is 1.32 bits per heavy atom. The van der Waals surface area contributed by atoms with Gasteiger partial charge in [0.05, 0.1) is 19.8 Å². The summed E-state index contributed by atoms with van der Waals surface area (Å²) in [6.07, 6.45) is 3.91. The number of hydrogen-bond donors (Lipinski definition) is 3. The molecule has 0 bridgehead atoms. The fourth-order valence-electron chi connectivity index (χ4n) is 3.16. The van der Waals surface area contributed by atoms with Gasteiger partial charge in [-0.1, -0.05) is 25.5 Å². The summed E-state index contributed by atoms with van der Waals surface area (Å²) < 4.78 is 11.3. The van der Waals surface area contributed by atoms with E-state index >= 15 is 0 Å². The molecule has 0 radical (unpaired) electrons. The van der Waals surface area contributed by atoms with Crippen molar-refractivity contribution in [2.24, 2.45) is 10.4 Å². The Morgan fingerprint density at radius 3 is 2.86 bits per heavy atom. The van der Waals surface area contributed by atoms with Crippen molar-refractivity contribution in [3.8, 4) is 5.75 Å². The molecule has 1 aliphatic rings. The predicted molar refractivity (Wildman–Crippen MR) is 125 cm³/mol. The van der Waals surface area contributed by atoms with Crippen LogP contribution in [0.4, 0.5) is 0 Å². The third-order valence-electron chi connectivity index (χ3n) is 4.89. The molecule has 3 N–H and O–H groups in total. The van der Waals surface area contributed by atoms with Crippen LogP contribution in [-0.2, 0) is 11.3 Å². The van der Waals surface area contributed by atoms with Crippen LogP contribution >= 0.6 is 24.0 Å². The largest absolute Gasteiger partial charge is 0.494 e. The Kier molecular flexibility index (Phi) is 12.5. The van der Waals surface area contributed by atoms with Crippen molar-refractivity contribution in [3.63, 3.8) is 0 Å². The van der Waals surface area contributed by atoms with Crippen molar-refractivity contribution in [1.29, 1.82) is 0 Å². The van der Waals surface area contributed by atoms with Crippen molar-refractivity contribution < 1.29 is 14.6 Å². The molecule has 0 aliphatic carbocycles. The average molecular weight is 505 g/mol. The van der Waals surface area contributed by atoms with E-state index in [1.165, 1.54) is 0 Å². The van der Waals surface area contributed by atoms with E-state index in [2.05, 4.69) is 36.6 Å². The first-order chi connectivity index (χ1) is 13.2. The molecule has 1 saturated heterocycles. The lowest BCUT2D eigenvalue weighted by atomic mass is 9.84. The molecule has 0 aromatic heterocycles. The highest BCUT2D eigenvalue weighted by atomic mass is 127. The van der Waals surface area contributed by atoms with Crippen LogP contribution in [0.15, 0.2) is 29.3 Å². The maximum Gasteiger partial charge on any atom is 0.191 e. The molecule has 6 nitrogen and oxygen atoms in total. The summed E-state index contributed by atoms with van der Waals surface area (Å²) in [5.74, 6) is 1.69. The Bertz CT molecular complexity index is 578. The van der Waals surface area contributed by atoms with Crippen LogP contribution in [0.3, 0.4) is 0 Å². The van der Waals surface area contributed by atoms with Gasteiger partial charge in [0.15, 0.2) is 5.96 Å². The third kappa shape index (κ3) is 8.53. The van der Waals surface area contributed by atoms with E-state index in [1.54, 1.807) is 0 Å². The van der Waals surface area contributed by atoms with Gasteiger partial charge < -0.3 is 25.2 Å². The summed E-state index contributed by atoms with van der Waals surface area (Å²) in [7, 11) is 0. The number of nitrogens with zero attached hydrogens (tertiary/aromatic N) is 1. The Labute approximate surface area is 186 Å². The summed E-state index contributed by atoms with van der Waals surface area (Å²) in [5.41, 5.74) is 1.12. The molecule has 1 heterocycles. The van der Waals surface area contributed by atoms with Crippen LogP contribution < -0.4 is 15.4 Å². The molecular weight excluding hydrogens is 469 g/mol. The fraction of sp³-hybridized carbons (Fsp3) is 0.667. The van der Waals surface area contributed by atoms with E-state index in [9.17, 15) is 5.11 Å². The quantitative estimate of drug-likeness (QED) is 0.186. The van der Waals surface area contributed by atoms with Gasteiger partial charge in [0.1, 0.15) is 5.75 Å². The number of hydrogen-bond acceptors (Lipinski definition) is 4. The number of ether oxygens (including phenoxy) is 2.